The second-order valence-corrected chi connectivity index (χ2v) is 3.44. The second kappa shape index (κ2) is 24.8. The van der Waals surface area contributed by atoms with E-state index < -0.39 is 0 Å². The van der Waals surface area contributed by atoms with Gasteiger partial charge in [-0.25, -0.2) is 4.79 Å². The Morgan fingerprint density at radius 3 is 1.73 bits per heavy atom. The molecule has 0 spiro atoms. The van der Waals surface area contributed by atoms with Crippen LogP contribution in [0.3, 0.4) is 0 Å². The molecular weight excluding hydrogens is 342 g/mol. The Hall–Kier alpha value is -1.17. The van der Waals surface area contributed by atoms with Crippen LogP contribution in [0.4, 0.5) is 0 Å². The van der Waals surface area contributed by atoms with Gasteiger partial charge in [-0.1, -0.05) is 42.5 Å². The Bertz CT molecular complexity index is 352. The number of carbonyl (C=O) groups is 2. The van der Waals surface area contributed by atoms with Crippen molar-refractivity contribution in [1.82, 2.24) is 0 Å². The van der Waals surface area contributed by atoms with Gasteiger partial charge < -0.3 is 16.7 Å². The SMILES string of the molecule is CC(=O)OCN.CC=CC(=O)OPN.[CH3-].[V].c1ccccc1. The Labute approximate surface area is 146 Å². The predicted molar refractivity (Wildman–Crippen MR) is 87.1 cm³/mol. The van der Waals surface area contributed by atoms with Crippen LogP contribution in [0.5, 0.6) is 0 Å². The van der Waals surface area contributed by atoms with E-state index in [0.717, 1.165) is 0 Å². The first-order valence-electron chi connectivity index (χ1n) is 5.71. The van der Waals surface area contributed by atoms with Crippen LogP contribution in [0, 0.1) is 7.43 Å². The molecule has 1 unspecified atom stereocenters. The zero-order valence-corrected chi connectivity index (χ0v) is 15.5. The van der Waals surface area contributed by atoms with Crippen LogP contribution in [0.15, 0.2) is 48.6 Å². The summed E-state index contributed by atoms with van der Waals surface area (Å²) in [4.78, 5) is 20.0. The van der Waals surface area contributed by atoms with Gasteiger partial charge in [-0.3, -0.25) is 16.0 Å². The fourth-order valence-electron chi connectivity index (χ4n) is 0.730. The van der Waals surface area contributed by atoms with Crippen LogP contribution < -0.4 is 11.2 Å². The summed E-state index contributed by atoms with van der Waals surface area (Å²) >= 11 is 0. The molecule has 22 heavy (non-hydrogen) atoms. The molecule has 0 saturated heterocycles. The smallest absolute Gasteiger partial charge is 0.334 e. The van der Waals surface area contributed by atoms with Crippen molar-refractivity contribution in [3.63, 3.8) is 0 Å². The van der Waals surface area contributed by atoms with E-state index >= 15 is 0 Å². The zero-order chi connectivity index (χ0) is 15.6. The maximum absolute atomic E-state index is 10.3. The molecule has 125 valence electrons. The molecule has 1 aromatic rings. The molecule has 0 amide bonds. The van der Waals surface area contributed by atoms with E-state index in [0.29, 0.717) is 0 Å². The van der Waals surface area contributed by atoms with Gasteiger partial charge >= 0.3 is 11.9 Å². The maximum atomic E-state index is 10.3. The molecule has 0 aliphatic rings. The van der Waals surface area contributed by atoms with E-state index in [2.05, 4.69) is 9.26 Å². The Kier molecular flexibility index (Phi) is 32.6. The molecule has 1 radical (unpaired) electrons. The number of carbonyl (C=O) groups excluding carboxylic acids is 2. The monoisotopic (exact) mass is 366 g/mol. The zero-order valence-electron chi connectivity index (χ0n) is 13.1. The summed E-state index contributed by atoms with van der Waals surface area (Å²) in [5.41, 5.74) is 9.70. The second-order valence-electron chi connectivity index (χ2n) is 3.00. The maximum Gasteiger partial charge on any atom is 0.334 e. The van der Waals surface area contributed by atoms with E-state index in [9.17, 15) is 9.59 Å². The van der Waals surface area contributed by atoms with Crippen LogP contribution in [0.1, 0.15) is 13.8 Å². The molecular formula is C14H24N2O4PV-. The average molecular weight is 366 g/mol. The summed E-state index contributed by atoms with van der Waals surface area (Å²) < 4.78 is 8.54. The summed E-state index contributed by atoms with van der Waals surface area (Å²) in [6, 6.07) is 12.0. The van der Waals surface area contributed by atoms with Gasteiger partial charge in [0, 0.05) is 31.6 Å². The van der Waals surface area contributed by atoms with Crippen molar-refractivity contribution < 1.29 is 37.4 Å². The topological polar surface area (TPSA) is 105 Å². The van der Waals surface area contributed by atoms with Gasteiger partial charge in [0.25, 0.3) is 0 Å². The number of allylic oxidation sites excluding steroid dienone is 1. The van der Waals surface area contributed by atoms with E-state index in [-0.39, 0.29) is 53.6 Å². The first-order chi connectivity index (χ1) is 9.58. The fraction of sp³-hybridized carbons (Fsp3) is 0.214. The standard InChI is InChI=1S/C6H6.C4H8NO2P.C3H7NO2.CH3.V/c1-2-4-6-5-3-1;1-2-3-4(6)7-8-5;1-3(5)6-2-4;;/h1-6H;2-3,8H,5H2,1H3;2,4H2,1H3;1H3;/q;;;-1;. The minimum Gasteiger partial charge on any atom is -0.450 e. The quantitative estimate of drug-likeness (QED) is 0.279. The van der Waals surface area contributed by atoms with E-state index in [1.807, 2.05) is 36.4 Å². The van der Waals surface area contributed by atoms with Crippen molar-refractivity contribution >= 4 is 20.9 Å². The summed E-state index contributed by atoms with van der Waals surface area (Å²) in [6.07, 6.45) is 2.92. The van der Waals surface area contributed by atoms with Gasteiger partial charge in [0.05, 0.1) is 0 Å². The first-order valence-corrected chi connectivity index (χ1v) is 6.69. The molecule has 0 aromatic heterocycles. The number of hydrogen-bond acceptors (Lipinski definition) is 6. The molecule has 0 aliphatic carbocycles. The van der Waals surface area contributed by atoms with Crippen LogP contribution >= 0.6 is 8.96 Å². The molecule has 1 atom stereocenters. The predicted octanol–water partition coefficient (Wildman–Crippen LogP) is 2.17. The van der Waals surface area contributed by atoms with Crippen molar-refractivity contribution in [3.05, 3.63) is 56.0 Å². The van der Waals surface area contributed by atoms with E-state index in [4.69, 9.17) is 11.2 Å². The molecule has 0 bridgehead atoms. The van der Waals surface area contributed by atoms with Crippen molar-refractivity contribution in [1.29, 1.82) is 0 Å². The number of nitrogens with two attached hydrogens (primary N) is 2. The molecule has 1 rings (SSSR count). The van der Waals surface area contributed by atoms with Crippen molar-refractivity contribution in [2.24, 2.45) is 11.2 Å². The summed E-state index contributed by atoms with van der Waals surface area (Å²) in [5.74, 6) is -0.717. The minimum absolute atomic E-state index is 0. The first kappa shape index (κ1) is 28.9. The normalized spacial score (nSPS) is 8.36. The van der Waals surface area contributed by atoms with Gasteiger partial charge in [0.2, 0.25) is 0 Å². The van der Waals surface area contributed by atoms with E-state index in [1.165, 1.54) is 13.0 Å². The molecule has 0 fully saturated rings. The Morgan fingerprint density at radius 1 is 1.14 bits per heavy atom. The minimum atomic E-state index is -0.381. The van der Waals surface area contributed by atoms with E-state index in [1.54, 1.807) is 13.0 Å². The number of ether oxygens (including phenoxy) is 1. The molecule has 1 aromatic carbocycles. The van der Waals surface area contributed by atoms with Crippen LogP contribution in [0.25, 0.3) is 0 Å². The average Bonchev–Trinajstić information content (AvgIpc) is 2.42. The molecule has 6 nitrogen and oxygen atoms in total. The number of benzene rings is 1. The van der Waals surface area contributed by atoms with Crippen LogP contribution in [-0.2, 0) is 37.4 Å². The number of esters is 1. The van der Waals surface area contributed by atoms with Gasteiger partial charge in [-0.2, -0.15) is 0 Å². The van der Waals surface area contributed by atoms with Gasteiger partial charge in [-0.05, 0) is 6.92 Å². The third-order valence-corrected chi connectivity index (χ3v) is 1.73. The summed E-state index contributed by atoms with van der Waals surface area (Å²) in [7, 11) is -0.253. The summed E-state index contributed by atoms with van der Waals surface area (Å²) in [5, 5.41) is 0. The van der Waals surface area contributed by atoms with Gasteiger partial charge in [0.1, 0.15) is 15.7 Å². The molecule has 0 saturated carbocycles. The Morgan fingerprint density at radius 2 is 1.55 bits per heavy atom. The van der Waals surface area contributed by atoms with Crippen LogP contribution in [0.2, 0.25) is 0 Å². The molecule has 8 heteroatoms. The largest absolute Gasteiger partial charge is 0.450 e. The number of hydrogen-bond donors (Lipinski definition) is 2. The third kappa shape index (κ3) is 31.3. The molecule has 4 N–H and O–H groups in total. The fourth-order valence-corrected chi connectivity index (χ4v) is 0.915. The van der Waals surface area contributed by atoms with Gasteiger partial charge in [0.15, 0.2) is 0 Å². The third-order valence-electron chi connectivity index (χ3n) is 1.42. The number of rotatable bonds is 3. The molecule has 0 heterocycles. The van der Waals surface area contributed by atoms with Crippen molar-refractivity contribution in [2.75, 3.05) is 6.73 Å². The Balaban J connectivity index is -0.000000107. The van der Waals surface area contributed by atoms with Gasteiger partial charge in [-0.15, -0.1) is 0 Å². The van der Waals surface area contributed by atoms with Crippen molar-refractivity contribution in [2.45, 2.75) is 13.8 Å². The van der Waals surface area contributed by atoms with Crippen molar-refractivity contribution in [3.8, 4) is 0 Å². The summed E-state index contributed by atoms with van der Waals surface area (Å²) in [6.45, 7) is 3.03. The van der Waals surface area contributed by atoms with Crippen LogP contribution in [-0.4, -0.2) is 18.7 Å². The molecule has 0 aliphatic heterocycles.